The molecule has 1 aromatic carbocycles. The molecule has 4 rings (SSSR count). The molecule has 2 atom stereocenters. The lowest BCUT2D eigenvalue weighted by atomic mass is 9.94. The summed E-state index contributed by atoms with van der Waals surface area (Å²) >= 11 is 0. The van der Waals surface area contributed by atoms with E-state index >= 15 is 0 Å². The quantitative estimate of drug-likeness (QED) is 0.732. The fraction of sp³-hybridized carbons (Fsp3) is 0.524. The van der Waals surface area contributed by atoms with E-state index in [4.69, 9.17) is 0 Å². The van der Waals surface area contributed by atoms with E-state index in [1.165, 1.54) is 0 Å². The van der Waals surface area contributed by atoms with Gasteiger partial charge in [-0.25, -0.2) is 0 Å². The Morgan fingerprint density at radius 2 is 2.07 bits per heavy atom. The molecule has 1 saturated heterocycles. The zero-order chi connectivity index (χ0) is 19.0. The van der Waals surface area contributed by atoms with E-state index in [0.29, 0.717) is 18.2 Å². The smallest absolute Gasteiger partial charge is 0.230 e. The lowest BCUT2D eigenvalue weighted by Gasteiger charge is -2.23. The molecule has 2 fully saturated rings. The van der Waals surface area contributed by atoms with E-state index in [0.717, 1.165) is 37.1 Å². The van der Waals surface area contributed by atoms with Gasteiger partial charge in [0.05, 0.1) is 16.8 Å². The van der Waals surface area contributed by atoms with Crippen LogP contribution in [0.2, 0.25) is 0 Å². The van der Waals surface area contributed by atoms with E-state index in [1.807, 2.05) is 41.3 Å². The summed E-state index contributed by atoms with van der Waals surface area (Å²) < 4.78 is 0. The molecule has 0 spiro atoms. The summed E-state index contributed by atoms with van der Waals surface area (Å²) in [4.78, 5) is 14.9. The van der Waals surface area contributed by atoms with Crippen molar-refractivity contribution in [3.63, 3.8) is 0 Å². The molecule has 6 nitrogen and oxygen atoms in total. The number of likely N-dealkylation sites (tertiary alicyclic amines) is 1. The zero-order valence-corrected chi connectivity index (χ0v) is 16.0. The second kappa shape index (κ2) is 7.09. The molecule has 3 N–H and O–H groups in total. The lowest BCUT2D eigenvalue weighted by molar-refractivity contribution is -0.124. The maximum absolute atomic E-state index is 12.9. The van der Waals surface area contributed by atoms with E-state index < -0.39 is 6.23 Å². The first-order valence-electron chi connectivity index (χ1n) is 9.83. The van der Waals surface area contributed by atoms with Gasteiger partial charge in [-0.1, -0.05) is 44.2 Å². The molecule has 1 saturated carbocycles. The van der Waals surface area contributed by atoms with E-state index in [1.54, 1.807) is 0 Å². The Bertz CT molecular complexity index is 798. The predicted octanol–water partition coefficient (Wildman–Crippen LogP) is 2.45. The SMILES string of the molecule is CC(C)c1cc(C(O)N2CCC(NC(=O)C3(c4ccccc4)CC3)C2)[nH]n1. The fourth-order valence-corrected chi connectivity index (χ4v) is 3.96. The summed E-state index contributed by atoms with van der Waals surface area (Å²) in [6.45, 7) is 5.55. The van der Waals surface area contributed by atoms with Crippen molar-refractivity contribution in [2.75, 3.05) is 13.1 Å². The van der Waals surface area contributed by atoms with Crippen LogP contribution in [0.1, 0.15) is 62.2 Å². The van der Waals surface area contributed by atoms with Crippen LogP contribution in [0.4, 0.5) is 0 Å². The van der Waals surface area contributed by atoms with Crippen LogP contribution in [0.5, 0.6) is 0 Å². The molecule has 2 aromatic rings. The third kappa shape index (κ3) is 3.51. The Balaban J connectivity index is 1.36. The van der Waals surface area contributed by atoms with Gasteiger partial charge in [0.25, 0.3) is 0 Å². The Hall–Kier alpha value is -2.18. The third-order valence-corrected chi connectivity index (χ3v) is 5.90. The number of hydrogen-bond acceptors (Lipinski definition) is 4. The first kappa shape index (κ1) is 18.2. The van der Waals surface area contributed by atoms with Crippen molar-refractivity contribution in [1.82, 2.24) is 20.4 Å². The van der Waals surface area contributed by atoms with Gasteiger partial charge in [0.2, 0.25) is 5.91 Å². The molecule has 6 heteroatoms. The van der Waals surface area contributed by atoms with Gasteiger partial charge in [-0.3, -0.25) is 14.8 Å². The van der Waals surface area contributed by atoms with Gasteiger partial charge in [0.15, 0.2) is 0 Å². The third-order valence-electron chi connectivity index (χ3n) is 5.90. The van der Waals surface area contributed by atoms with E-state index in [9.17, 15) is 9.90 Å². The molecule has 2 aliphatic rings. The number of aromatic nitrogens is 2. The summed E-state index contributed by atoms with van der Waals surface area (Å²) in [7, 11) is 0. The number of aliphatic hydroxyl groups excluding tert-OH is 1. The highest BCUT2D eigenvalue weighted by Crippen LogP contribution is 2.48. The summed E-state index contributed by atoms with van der Waals surface area (Å²) in [5.74, 6) is 0.444. The van der Waals surface area contributed by atoms with Crippen molar-refractivity contribution >= 4 is 5.91 Å². The molecule has 1 aliphatic heterocycles. The number of carbonyl (C=O) groups excluding carboxylic acids is 1. The highest BCUT2D eigenvalue weighted by molar-refractivity contribution is 5.91. The number of nitrogens with one attached hydrogen (secondary N) is 2. The summed E-state index contributed by atoms with van der Waals surface area (Å²) in [5, 5.41) is 21.1. The highest BCUT2D eigenvalue weighted by atomic mass is 16.3. The molecule has 0 bridgehead atoms. The van der Waals surface area contributed by atoms with Crippen molar-refractivity contribution < 1.29 is 9.90 Å². The number of carbonyl (C=O) groups is 1. The number of amides is 1. The van der Waals surface area contributed by atoms with Crippen molar-refractivity contribution in [2.24, 2.45) is 0 Å². The Kier molecular flexibility index (Phi) is 4.78. The number of H-pyrrole nitrogens is 1. The average molecular weight is 368 g/mol. The highest BCUT2D eigenvalue weighted by Gasteiger charge is 2.51. The topological polar surface area (TPSA) is 81.2 Å². The van der Waals surface area contributed by atoms with Crippen LogP contribution in [0.25, 0.3) is 0 Å². The summed E-state index contributed by atoms with van der Waals surface area (Å²) in [6.07, 6.45) is 1.96. The van der Waals surface area contributed by atoms with E-state index in [-0.39, 0.29) is 17.4 Å². The lowest BCUT2D eigenvalue weighted by Crippen LogP contribution is -2.43. The van der Waals surface area contributed by atoms with Gasteiger partial charge in [0.1, 0.15) is 6.23 Å². The molecule has 1 aliphatic carbocycles. The Morgan fingerprint density at radius 1 is 1.33 bits per heavy atom. The normalized spacial score (nSPS) is 22.7. The van der Waals surface area contributed by atoms with E-state index in [2.05, 4.69) is 29.4 Å². The van der Waals surface area contributed by atoms with Crippen LogP contribution in [0.3, 0.4) is 0 Å². The number of rotatable bonds is 6. The summed E-state index contributed by atoms with van der Waals surface area (Å²) in [5.41, 5.74) is 2.43. The molecule has 0 radical (unpaired) electrons. The van der Waals surface area contributed by atoms with Crippen LogP contribution in [0.15, 0.2) is 36.4 Å². The summed E-state index contributed by atoms with van der Waals surface area (Å²) in [6, 6.07) is 12.0. The molecular formula is C21H28N4O2. The molecule has 1 amide bonds. The largest absolute Gasteiger partial charge is 0.372 e. The first-order valence-corrected chi connectivity index (χ1v) is 9.83. The maximum Gasteiger partial charge on any atom is 0.230 e. The van der Waals surface area contributed by atoms with Gasteiger partial charge in [-0.2, -0.15) is 5.10 Å². The van der Waals surface area contributed by atoms with Crippen LogP contribution >= 0.6 is 0 Å². The van der Waals surface area contributed by atoms with Crippen LogP contribution in [-0.2, 0) is 10.2 Å². The fourth-order valence-electron chi connectivity index (χ4n) is 3.96. The van der Waals surface area contributed by atoms with Crippen molar-refractivity contribution in [2.45, 2.75) is 56.7 Å². The minimum absolute atomic E-state index is 0.0702. The minimum Gasteiger partial charge on any atom is -0.372 e. The number of hydrogen-bond donors (Lipinski definition) is 3. The molecule has 1 aromatic heterocycles. The second-order valence-corrected chi connectivity index (χ2v) is 8.18. The predicted molar refractivity (Wildman–Crippen MR) is 103 cm³/mol. The molecule has 27 heavy (non-hydrogen) atoms. The number of nitrogens with zero attached hydrogens (tertiary/aromatic N) is 2. The Labute approximate surface area is 160 Å². The monoisotopic (exact) mass is 368 g/mol. The first-order chi connectivity index (χ1) is 13.0. The Morgan fingerprint density at radius 3 is 2.70 bits per heavy atom. The number of benzene rings is 1. The van der Waals surface area contributed by atoms with Gasteiger partial charge in [-0.15, -0.1) is 0 Å². The maximum atomic E-state index is 12.9. The standard InChI is InChI=1S/C21H28N4O2/c1-14(2)17-12-18(24-23-17)19(26)25-11-8-16(13-25)22-20(27)21(9-10-21)15-6-4-3-5-7-15/h3-7,12,14,16,19,26H,8-11,13H2,1-2H3,(H,22,27)(H,23,24). The number of aromatic amines is 1. The molecule has 2 unspecified atom stereocenters. The molecular weight excluding hydrogens is 340 g/mol. The van der Waals surface area contributed by atoms with Crippen LogP contribution in [0, 0.1) is 0 Å². The average Bonchev–Trinajstić information content (AvgIpc) is 3.11. The van der Waals surface area contributed by atoms with Gasteiger partial charge >= 0.3 is 0 Å². The van der Waals surface area contributed by atoms with Crippen molar-refractivity contribution in [3.05, 3.63) is 53.3 Å². The molecule has 2 heterocycles. The number of aliphatic hydroxyl groups is 1. The van der Waals surface area contributed by atoms with Crippen LogP contribution in [-0.4, -0.2) is 45.2 Å². The van der Waals surface area contributed by atoms with Gasteiger partial charge in [0, 0.05) is 19.1 Å². The van der Waals surface area contributed by atoms with Crippen molar-refractivity contribution in [3.8, 4) is 0 Å². The van der Waals surface area contributed by atoms with Gasteiger partial charge < -0.3 is 10.4 Å². The van der Waals surface area contributed by atoms with Crippen LogP contribution < -0.4 is 5.32 Å². The van der Waals surface area contributed by atoms with Crippen molar-refractivity contribution in [1.29, 1.82) is 0 Å². The minimum atomic E-state index is -0.712. The zero-order valence-electron chi connectivity index (χ0n) is 16.0. The van der Waals surface area contributed by atoms with Gasteiger partial charge in [-0.05, 0) is 36.8 Å². The second-order valence-electron chi connectivity index (χ2n) is 8.18. The molecule has 144 valence electrons.